The smallest absolute Gasteiger partial charge is 0.191 e. The molecule has 1 aliphatic rings. The molecule has 0 amide bonds. The zero-order valence-electron chi connectivity index (χ0n) is 16.9. The predicted octanol–water partition coefficient (Wildman–Crippen LogP) is 2.70. The molecule has 7 nitrogen and oxygen atoms in total. The van der Waals surface area contributed by atoms with E-state index in [1.165, 1.54) is 0 Å². The zero-order valence-corrected chi connectivity index (χ0v) is 17.7. The lowest BCUT2D eigenvalue weighted by Gasteiger charge is -2.29. The van der Waals surface area contributed by atoms with Crippen molar-refractivity contribution in [1.29, 1.82) is 0 Å². The van der Waals surface area contributed by atoms with Crippen molar-refractivity contribution in [2.24, 2.45) is 4.99 Å². The molecule has 1 unspecified atom stereocenters. The highest BCUT2D eigenvalue weighted by Gasteiger charge is 2.16. The highest BCUT2D eigenvalue weighted by Crippen LogP contribution is 2.18. The third-order valence-corrected chi connectivity index (χ3v) is 4.81. The van der Waals surface area contributed by atoms with Gasteiger partial charge in [0.05, 0.1) is 19.8 Å². The van der Waals surface area contributed by atoms with E-state index in [-0.39, 0.29) is 6.10 Å². The van der Waals surface area contributed by atoms with E-state index in [1.54, 1.807) is 7.05 Å². The molecule has 1 atom stereocenters. The van der Waals surface area contributed by atoms with Gasteiger partial charge in [-0.05, 0) is 37.3 Å². The van der Waals surface area contributed by atoms with E-state index in [0.717, 1.165) is 43.4 Å². The Kier molecular flexibility index (Phi) is 7.95. The van der Waals surface area contributed by atoms with Crippen molar-refractivity contribution in [3.8, 4) is 5.75 Å². The van der Waals surface area contributed by atoms with Gasteiger partial charge in [-0.2, -0.15) is 0 Å². The number of ether oxygens (including phenoxy) is 2. The molecule has 2 aromatic rings. The van der Waals surface area contributed by atoms with Crippen LogP contribution in [-0.2, 0) is 11.3 Å². The fourth-order valence-corrected chi connectivity index (χ4v) is 3.18. The van der Waals surface area contributed by atoms with E-state index < -0.39 is 0 Å². The summed E-state index contributed by atoms with van der Waals surface area (Å²) >= 11 is 5.91. The quantitative estimate of drug-likeness (QED) is 0.533. The first-order valence-corrected chi connectivity index (χ1v) is 10.2. The molecule has 3 rings (SSSR count). The lowest BCUT2D eigenvalue weighted by atomic mass is 10.2. The molecule has 0 aliphatic carbocycles. The molecule has 1 fully saturated rings. The maximum atomic E-state index is 5.91. The van der Waals surface area contributed by atoms with Crippen molar-refractivity contribution >= 4 is 23.4 Å². The number of nitrogens with one attached hydrogen (secondary N) is 2. The van der Waals surface area contributed by atoms with E-state index in [2.05, 4.69) is 31.6 Å². The highest BCUT2D eigenvalue weighted by molar-refractivity contribution is 6.30. The Hall–Kier alpha value is -2.51. The molecule has 2 N–H and O–H groups in total. The summed E-state index contributed by atoms with van der Waals surface area (Å²) in [5.41, 5.74) is 1.13. The summed E-state index contributed by atoms with van der Waals surface area (Å²) in [6, 6.07) is 11.4. The second kappa shape index (κ2) is 10.9. The number of halogens is 1. The monoisotopic (exact) mass is 417 g/mol. The summed E-state index contributed by atoms with van der Waals surface area (Å²) < 4.78 is 11.3. The van der Waals surface area contributed by atoms with Crippen molar-refractivity contribution in [3.05, 3.63) is 53.2 Å². The molecule has 1 aromatic heterocycles. The van der Waals surface area contributed by atoms with E-state index >= 15 is 0 Å². The van der Waals surface area contributed by atoms with Crippen molar-refractivity contribution in [2.75, 3.05) is 44.8 Å². The molecule has 8 heteroatoms. The molecule has 1 aromatic carbocycles. The largest absolute Gasteiger partial charge is 0.489 e. The van der Waals surface area contributed by atoms with Gasteiger partial charge in [0.1, 0.15) is 17.7 Å². The summed E-state index contributed by atoms with van der Waals surface area (Å²) in [5, 5.41) is 7.36. The number of hydrogen-bond donors (Lipinski definition) is 2. The number of morpholine rings is 1. The Morgan fingerprint density at radius 3 is 2.72 bits per heavy atom. The van der Waals surface area contributed by atoms with Crippen LogP contribution >= 0.6 is 11.6 Å². The zero-order chi connectivity index (χ0) is 20.5. The predicted molar refractivity (Wildman–Crippen MR) is 117 cm³/mol. The molecule has 0 saturated carbocycles. The average molecular weight is 418 g/mol. The van der Waals surface area contributed by atoms with Gasteiger partial charge in [-0.25, -0.2) is 4.98 Å². The van der Waals surface area contributed by atoms with Crippen LogP contribution in [0.25, 0.3) is 0 Å². The lowest BCUT2D eigenvalue weighted by molar-refractivity contribution is 0.122. The Bertz CT molecular complexity index is 794. The Labute approximate surface area is 177 Å². The first-order valence-electron chi connectivity index (χ1n) is 9.79. The second-order valence-electron chi connectivity index (χ2n) is 6.77. The maximum Gasteiger partial charge on any atom is 0.191 e. The van der Waals surface area contributed by atoms with E-state index in [9.17, 15) is 0 Å². The normalized spacial score (nSPS) is 15.7. The summed E-state index contributed by atoms with van der Waals surface area (Å²) in [4.78, 5) is 11.1. The van der Waals surface area contributed by atoms with Crippen molar-refractivity contribution in [1.82, 2.24) is 15.6 Å². The number of aromatic nitrogens is 1. The third-order valence-electron chi connectivity index (χ3n) is 4.56. The molecule has 2 heterocycles. The molecular formula is C21H28ClN5O2. The van der Waals surface area contributed by atoms with Crippen LogP contribution < -0.4 is 20.3 Å². The summed E-state index contributed by atoms with van der Waals surface area (Å²) in [6.07, 6.45) is 1.80. The standard InChI is InChI=1S/C21H28ClN5O2/c1-16(29-19-7-5-18(22)6-8-19)14-25-21(23-2)26-15-17-4-3-9-24-20(17)27-10-12-28-13-11-27/h3-9,16H,10-15H2,1-2H3,(H2,23,25,26). The second-order valence-corrected chi connectivity index (χ2v) is 7.21. The van der Waals surface area contributed by atoms with Crippen LogP contribution in [0.5, 0.6) is 5.75 Å². The van der Waals surface area contributed by atoms with Gasteiger partial charge < -0.3 is 25.0 Å². The van der Waals surface area contributed by atoms with Crippen molar-refractivity contribution < 1.29 is 9.47 Å². The van der Waals surface area contributed by atoms with Crippen molar-refractivity contribution in [3.63, 3.8) is 0 Å². The van der Waals surface area contributed by atoms with Gasteiger partial charge in [-0.15, -0.1) is 0 Å². The Morgan fingerprint density at radius 2 is 2.00 bits per heavy atom. The molecule has 0 bridgehead atoms. The van der Waals surface area contributed by atoms with Crippen LogP contribution in [0.2, 0.25) is 5.02 Å². The molecule has 1 aliphatic heterocycles. The first-order chi connectivity index (χ1) is 14.2. The number of benzene rings is 1. The number of pyridine rings is 1. The van der Waals surface area contributed by atoms with Crippen LogP contribution in [0.15, 0.2) is 47.6 Å². The van der Waals surface area contributed by atoms with Gasteiger partial charge in [0, 0.05) is 43.5 Å². The topological polar surface area (TPSA) is 71.0 Å². The van der Waals surface area contributed by atoms with Crippen LogP contribution in [0.4, 0.5) is 5.82 Å². The lowest BCUT2D eigenvalue weighted by Crippen LogP contribution is -2.42. The third kappa shape index (κ3) is 6.51. The SMILES string of the molecule is CN=C(NCc1cccnc1N1CCOCC1)NCC(C)Oc1ccc(Cl)cc1. The Morgan fingerprint density at radius 1 is 1.24 bits per heavy atom. The number of hydrogen-bond acceptors (Lipinski definition) is 5. The first kappa shape index (κ1) is 21.2. The molecule has 156 valence electrons. The van der Waals surface area contributed by atoms with Gasteiger partial charge in [0.15, 0.2) is 5.96 Å². The fraction of sp³-hybridized carbons (Fsp3) is 0.429. The number of guanidine groups is 1. The van der Waals surface area contributed by atoms with Gasteiger partial charge >= 0.3 is 0 Å². The van der Waals surface area contributed by atoms with Crippen LogP contribution in [0.1, 0.15) is 12.5 Å². The fourth-order valence-electron chi connectivity index (χ4n) is 3.06. The Balaban J connectivity index is 1.50. The molecule has 0 spiro atoms. The minimum atomic E-state index is -0.0305. The molecule has 0 radical (unpaired) electrons. The van der Waals surface area contributed by atoms with Gasteiger partial charge in [0.2, 0.25) is 0 Å². The van der Waals surface area contributed by atoms with E-state index in [1.807, 2.05) is 43.5 Å². The van der Waals surface area contributed by atoms with Crippen LogP contribution in [0, 0.1) is 0 Å². The van der Waals surface area contributed by atoms with Crippen LogP contribution in [0.3, 0.4) is 0 Å². The number of nitrogens with zero attached hydrogens (tertiary/aromatic N) is 3. The number of rotatable bonds is 7. The molecule has 1 saturated heterocycles. The number of aliphatic imine (C=N–C) groups is 1. The highest BCUT2D eigenvalue weighted by atomic mass is 35.5. The summed E-state index contributed by atoms with van der Waals surface area (Å²) in [6.45, 7) is 6.44. The minimum absolute atomic E-state index is 0.0305. The van der Waals surface area contributed by atoms with E-state index in [4.69, 9.17) is 21.1 Å². The van der Waals surface area contributed by atoms with Gasteiger partial charge in [0.25, 0.3) is 0 Å². The molecular weight excluding hydrogens is 390 g/mol. The minimum Gasteiger partial charge on any atom is -0.489 e. The summed E-state index contributed by atoms with van der Waals surface area (Å²) in [5.74, 6) is 2.50. The maximum absolute atomic E-state index is 5.91. The average Bonchev–Trinajstić information content (AvgIpc) is 2.76. The van der Waals surface area contributed by atoms with E-state index in [0.29, 0.717) is 24.1 Å². The van der Waals surface area contributed by atoms with Gasteiger partial charge in [-0.1, -0.05) is 17.7 Å². The van der Waals surface area contributed by atoms with Crippen molar-refractivity contribution in [2.45, 2.75) is 19.6 Å². The molecule has 29 heavy (non-hydrogen) atoms. The number of anilines is 1. The van der Waals surface area contributed by atoms with Crippen LogP contribution in [-0.4, -0.2) is 56.9 Å². The summed E-state index contributed by atoms with van der Waals surface area (Å²) in [7, 11) is 1.76. The van der Waals surface area contributed by atoms with Gasteiger partial charge in [-0.3, -0.25) is 4.99 Å².